The molecule has 0 saturated heterocycles. The number of rotatable bonds is 5. The van der Waals surface area contributed by atoms with Crippen LogP contribution >= 0.6 is 34.5 Å². The van der Waals surface area contributed by atoms with Crippen LogP contribution < -0.4 is 39.4 Å². The molecule has 0 radical (unpaired) electrons. The van der Waals surface area contributed by atoms with Crippen molar-refractivity contribution in [3.05, 3.63) is 69.0 Å². The first kappa shape index (κ1) is 20.2. The summed E-state index contributed by atoms with van der Waals surface area (Å²) in [6.45, 7) is 0.177. The van der Waals surface area contributed by atoms with Gasteiger partial charge in [0.1, 0.15) is 16.5 Å². The Balaban J connectivity index is 0.00000225. The van der Waals surface area contributed by atoms with Crippen molar-refractivity contribution < 1.29 is 44.2 Å². The summed E-state index contributed by atoms with van der Waals surface area (Å²) in [7, 11) is 0. The number of aromatic nitrogens is 1. The van der Waals surface area contributed by atoms with Gasteiger partial charge in [-0.15, -0.1) is 11.3 Å². The van der Waals surface area contributed by atoms with E-state index in [0.717, 1.165) is 22.5 Å². The van der Waals surface area contributed by atoms with Crippen LogP contribution in [-0.4, -0.2) is 11.0 Å². The van der Waals surface area contributed by atoms with Gasteiger partial charge >= 0.3 is 29.6 Å². The van der Waals surface area contributed by atoms with Gasteiger partial charge in [-0.3, -0.25) is 0 Å². The van der Waals surface area contributed by atoms with Crippen LogP contribution in [0.2, 0.25) is 10.0 Å². The zero-order chi connectivity index (χ0) is 17.1. The maximum Gasteiger partial charge on any atom is 1.00 e. The number of ether oxygens (including phenoxy) is 1. The van der Waals surface area contributed by atoms with Gasteiger partial charge in [-0.1, -0.05) is 47.5 Å². The van der Waals surface area contributed by atoms with Gasteiger partial charge in [-0.2, -0.15) is 0 Å². The fourth-order valence-electron chi connectivity index (χ4n) is 2.01. The van der Waals surface area contributed by atoms with E-state index in [2.05, 4.69) is 4.98 Å². The van der Waals surface area contributed by atoms with Crippen molar-refractivity contribution in [2.75, 3.05) is 0 Å². The molecule has 0 aliphatic carbocycles. The molecule has 1 aromatic heterocycles. The number of thiazole rings is 1. The van der Waals surface area contributed by atoms with Crippen molar-refractivity contribution in [1.82, 2.24) is 4.98 Å². The Bertz CT molecular complexity index is 884. The zero-order valence-electron chi connectivity index (χ0n) is 13.2. The number of benzene rings is 2. The summed E-state index contributed by atoms with van der Waals surface area (Å²) < 4.78 is 5.56. The van der Waals surface area contributed by atoms with Gasteiger partial charge in [0.2, 0.25) is 5.88 Å². The van der Waals surface area contributed by atoms with E-state index in [9.17, 15) is 9.90 Å². The minimum absolute atomic E-state index is 0. The third-order valence-electron chi connectivity index (χ3n) is 3.14. The Morgan fingerprint density at radius 3 is 2.48 bits per heavy atom. The SMILES string of the molecule is O=C([O-])c1sc(-c2cccc(Cl)c2)nc1OCc1ccc(Cl)cc1.[Na+]. The van der Waals surface area contributed by atoms with Gasteiger partial charge in [0.25, 0.3) is 0 Å². The van der Waals surface area contributed by atoms with E-state index in [0.29, 0.717) is 15.1 Å². The molecule has 0 fully saturated rings. The normalized spacial score (nSPS) is 10.2. The Kier molecular flexibility index (Phi) is 7.31. The number of halogens is 2. The van der Waals surface area contributed by atoms with Crippen LogP contribution in [0.15, 0.2) is 48.5 Å². The average Bonchev–Trinajstić information content (AvgIpc) is 2.99. The molecule has 0 bridgehead atoms. The van der Waals surface area contributed by atoms with E-state index in [1.54, 1.807) is 48.5 Å². The molecule has 0 N–H and O–H groups in total. The van der Waals surface area contributed by atoms with Gasteiger partial charge in [0.05, 0.1) is 5.97 Å². The van der Waals surface area contributed by atoms with Crippen LogP contribution in [0.1, 0.15) is 15.2 Å². The van der Waals surface area contributed by atoms with Crippen molar-refractivity contribution in [3.8, 4) is 16.5 Å². The van der Waals surface area contributed by atoms with Crippen LogP contribution in [0.4, 0.5) is 0 Å². The van der Waals surface area contributed by atoms with Crippen molar-refractivity contribution in [3.63, 3.8) is 0 Å². The molecule has 3 rings (SSSR count). The summed E-state index contributed by atoms with van der Waals surface area (Å²) in [5.41, 5.74) is 1.57. The van der Waals surface area contributed by atoms with E-state index < -0.39 is 5.97 Å². The topological polar surface area (TPSA) is 62.2 Å². The predicted molar refractivity (Wildman–Crippen MR) is 92.7 cm³/mol. The maximum atomic E-state index is 11.3. The number of carboxylic acid groups (broad SMARTS) is 1. The quantitative estimate of drug-likeness (QED) is 0.599. The Morgan fingerprint density at radius 1 is 1.12 bits per heavy atom. The van der Waals surface area contributed by atoms with Gasteiger partial charge in [-0.25, -0.2) is 4.98 Å². The first-order valence-electron chi connectivity index (χ1n) is 6.88. The van der Waals surface area contributed by atoms with Crippen molar-refractivity contribution in [2.45, 2.75) is 6.61 Å². The fraction of sp³-hybridized carbons (Fsp3) is 0.0588. The molecular weight excluding hydrogens is 392 g/mol. The van der Waals surface area contributed by atoms with E-state index in [1.165, 1.54) is 0 Å². The van der Waals surface area contributed by atoms with E-state index in [1.807, 2.05) is 0 Å². The third kappa shape index (κ3) is 5.20. The maximum absolute atomic E-state index is 11.3. The molecule has 122 valence electrons. The molecule has 25 heavy (non-hydrogen) atoms. The first-order valence-corrected chi connectivity index (χ1v) is 8.45. The summed E-state index contributed by atoms with van der Waals surface area (Å²) in [6, 6.07) is 14.1. The summed E-state index contributed by atoms with van der Waals surface area (Å²) in [6.07, 6.45) is 0. The second-order valence-electron chi connectivity index (χ2n) is 4.87. The average molecular weight is 402 g/mol. The summed E-state index contributed by atoms with van der Waals surface area (Å²) in [4.78, 5) is 15.5. The van der Waals surface area contributed by atoms with Gasteiger partial charge < -0.3 is 14.6 Å². The first-order chi connectivity index (χ1) is 11.5. The van der Waals surface area contributed by atoms with Gasteiger partial charge in [-0.05, 0) is 29.8 Å². The van der Waals surface area contributed by atoms with Crippen LogP contribution in [0.25, 0.3) is 10.6 Å². The predicted octanol–water partition coefficient (Wildman–Crippen LogP) is 1.06. The molecule has 3 aromatic rings. The molecule has 0 aliphatic heterocycles. The zero-order valence-corrected chi connectivity index (χ0v) is 17.5. The van der Waals surface area contributed by atoms with E-state index in [-0.39, 0.29) is 46.9 Å². The van der Waals surface area contributed by atoms with Crippen LogP contribution in [-0.2, 0) is 6.61 Å². The molecule has 8 heteroatoms. The smallest absolute Gasteiger partial charge is 0.544 e. The molecule has 0 unspecified atom stereocenters. The fourth-order valence-corrected chi connectivity index (χ4v) is 3.17. The number of carbonyl (C=O) groups excluding carboxylic acids is 1. The minimum atomic E-state index is -1.33. The number of hydrogen-bond acceptors (Lipinski definition) is 5. The van der Waals surface area contributed by atoms with E-state index >= 15 is 0 Å². The number of hydrogen-bond donors (Lipinski definition) is 0. The van der Waals surface area contributed by atoms with Crippen LogP contribution in [0, 0.1) is 0 Å². The minimum Gasteiger partial charge on any atom is -0.544 e. The Morgan fingerprint density at radius 2 is 1.84 bits per heavy atom. The molecule has 0 atom stereocenters. The van der Waals surface area contributed by atoms with Crippen molar-refractivity contribution >= 4 is 40.5 Å². The molecule has 1 heterocycles. The monoisotopic (exact) mass is 401 g/mol. The summed E-state index contributed by atoms with van der Waals surface area (Å²) >= 11 is 12.8. The van der Waals surface area contributed by atoms with Gasteiger partial charge in [0.15, 0.2) is 0 Å². The number of nitrogens with zero attached hydrogens (tertiary/aromatic N) is 1. The number of carbonyl (C=O) groups is 1. The van der Waals surface area contributed by atoms with Crippen LogP contribution in [0.3, 0.4) is 0 Å². The Labute approximate surface area is 180 Å². The molecule has 0 spiro atoms. The number of carboxylic acids is 1. The standard InChI is InChI=1S/C17H11Cl2NO3S.Na/c18-12-6-4-10(5-7-12)9-23-15-14(17(21)22)24-16(20-15)11-2-1-3-13(19)8-11;/h1-8H,9H2,(H,21,22);/q;+1/p-1. The number of aromatic carboxylic acids is 1. The second-order valence-corrected chi connectivity index (χ2v) is 6.74. The van der Waals surface area contributed by atoms with Crippen molar-refractivity contribution in [1.29, 1.82) is 0 Å². The third-order valence-corrected chi connectivity index (χ3v) is 4.69. The molecular formula is C17H10Cl2NNaO3S. The molecule has 0 amide bonds. The molecule has 0 saturated carbocycles. The Hall–Kier alpha value is -1.08. The molecule has 2 aromatic carbocycles. The van der Waals surface area contributed by atoms with Gasteiger partial charge in [0, 0.05) is 15.6 Å². The van der Waals surface area contributed by atoms with E-state index in [4.69, 9.17) is 27.9 Å². The van der Waals surface area contributed by atoms with Crippen molar-refractivity contribution in [2.24, 2.45) is 0 Å². The molecule has 0 aliphatic rings. The second kappa shape index (κ2) is 9.03. The summed E-state index contributed by atoms with van der Waals surface area (Å²) in [5.74, 6) is -1.29. The largest absolute Gasteiger partial charge is 1.00 e. The summed E-state index contributed by atoms with van der Waals surface area (Å²) in [5, 5.41) is 13.0. The van der Waals surface area contributed by atoms with Crippen LogP contribution in [0.5, 0.6) is 5.88 Å². The molecule has 4 nitrogen and oxygen atoms in total.